The standard InChI is InChI=1S/C22H19N3O3S/c1-3-28-21(27)18-14(2)24-22-25(19(18)15-9-5-4-6-10-15)20(26)17(29-22)13-16-11-7-8-12-23-16/h4-13,19H,3H2,1-2H3/b17-13+. The highest BCUT2D eigenvalue weighted by molar-refractivity contribution is 7.07. The molecule has 146 valence electrons. The van der Waals surface area contributed by atoms with Crippen molar-refractivity contribution in [3.8, 4) is 0 Å². The number of rotatable bonds is 4. The zero-order valence-electron chi connectivity index (χ0n) is 16.0. The van der Waals surface area contributed by atoms with E-state index in [9.17, 15) is 9.59 Å². The van der Waals surface area contributed by atoms with Gasteiger partial charge >= 0.3 is 5.97 Å². The molecule has 0 aliphatic carbocycles. The summed E-state index contributed by atoms with van der Waals surface area (Å²) >= 11 is 1.29. The fraction of sp³-hybridized carbons (Fsp3) is 0.182. The molecule has 0 amide bonds. The van der Waals surface area contributed by atoms with Gasteiger partial charge in [-0.25, -0.2) is 9.79 Å². The van der Waals surface area contributed by atoms with Crippen molar-refractivity contribution in [2.45, 2.75) is 19.9 Å². The number of allylic oxidation sites excluding steroid dienone is 1. The van der Waals surface area contributed by atoms with Gasteiger partial charge in [0, 0.05) is 6.20 Å². The second-order valence-electron chi connectivity index (χ2n) is 6.47. The van der Waals surface area contributed by atoms with Crippen LogP contribution in [-0.2, 0) is 9.53 Å². The van der Waals surface area contributed by atoms with Gasteiger partial charge in [-0.05, 0) is 37.6 Å². The number of esters is 1. The lowest BCUT2D eigenvalue weighted by atomic mass is 9.96. The number of pyridine rings is 1. The molecule has 0 N–H and O–H groups in total. The first kappa shape index (κ1) is 19.0. The fourth-order valence-electron chi connectivity index (χ4n) is 3.34. The van der Waals surface area contributed by atoms with Crippen LogP contribution < -0.4 is 14.9 Å². The predicted octanol–water partition coefficient (Wildman–Crippen LogP) is 2.19. The van der Waals surface area contributed by atoms with Crippen LogP contribution in [0.3, 0.4) is 0 Å². The molecule has 0 saturated heterocycles. The number of thiazole rings is 1. The molecule has 4 rings (SSSR count). The quantitative estimate of drug-likeness (QED) is 0.624. The third-order valence-electron chi connectivity index (χ3n) is 4.60. The van der Waals surface area contributed by atoms with Crippen LogP contribution >= 0.6 is 11.3 Å². The van der Waals surface area contributed by atoms with Gasteiger partial charge in [-0.1, -0.05) is 47.7 Å². The van der Waals surface area contributed by atoms with Crippen LogP contribution in [0.1, 0.15) is 31.1 Å². The number of hydrogen-bond acceptors (Lipinski definition) is 6. The summed E-state index contributed by atoms with van der Waals surface area (Å²) in [6.07, 6.45) is 3.42. The molecule has 1 aliphatic rings. The number of fused-ring (bicyclic) bond motifs is 1. The monoisotopic (exact) mass is 405 g/mol. The lowest BCUT2D eigenvalue weighted by molar-refractivity contribution is -0.139. The van der Waals surface area contributed by atoms with Crippen molar-refractivity contribution in [1.82, 2.24) is 9.55 Å². The van der Waals surface area contributed by atoms with Crippen LogP contribution in [0.2, 0.25) is 0 Å². The van der Waals surface area contributed by atoms with Crippen molar-refractivity contribution in [3.05, 3.63) is 96.9 Å². The molecule has 1 aromatic carbocycles. The van der Waals surface area contributed by atoms with Crippen molar-refractivity contribution < 1.29 is 9.53 Å². The Kier molecular flexibility index (Phi) is 5.22. The number of nitrogens with zero attached hydrogens (tertiary/aromatic N) is 3. The Balaban J connectivity index is 1.96. The van der Waals surface area contributed by atoms with E-state index in [-0.39, 0.29) is 12.2 Å². The summed E-state index contributed by atoms with van der Waals surface area (Å²) in [6.45, 7) is 3.78. The van der Waals surface area contributed by atoms with Gasteiger partial charge in [0.15, 0.2) is 4.80 Å². The average molecular weight is 405 g/mol. The number of carbonyl (C=O) groups is 1. The molecule has 3 heterocycles. The zero-order chi connectivity index (χ0) is 20.4. The van der Waals surface area contributed by atoms with Crippen LogP contribution in [0, 0.1) is 0 Å². The maximum absolute atomic E-state index is 13.3. The molecule has 2 aromatic heterocycles. The van der Waals surface area contributed by atoms with Gasteiger partial charge in [-0.2, -0.15) is 0 Å². The second-order valence-corrected chi connectivity index (χ2v) is 7.48. The summed E-state index contributed by atoms with van der Waals surface area (Å²) in [5.74, 6) is -0.457. The highest BCUT2D eigenvalue weighted by atomic mass is 32.1. The SMILES string of the molecule is CCOC(=O)C1=C(C)N=c2s/c(=C/c3ccccn3)c(=O)n2C1c1ccccc1. The zero-order valence-corrected chi connectivity index (χ0v) is 16.8. The van der Waals surface area contributed by atoms with Gasteiger partial charge in [-0.15, -0.1) is 0 Å². The third kappa shape index (κ3) is 3.56. The Morgan fingerprint density at radius 2 is 1.97 bits per heavy atom. The molecule has 0 saturated carbocycles. The van der Waals surface area contributed by atoms with Crippen LogP contribution in [0.4, 0.5) is 0 Å². The topological polar surface area (TPSA) is 73.6 Å². The fourth-order valence-corrected chi connectivity index (χ4v) is 4.37. The molecule has 29 heavy (non-hydrogen) atoms. The summed E-state index contributed by atoms with van der Waals surface area (Å²) in [6, 6.07) is 14.4. The Morgan fingerprint density at radius 3 is 2.66 bits per heavy atom. The highest BCUT2D eigenvalue weighted by Crippen LogP contribution is 2.30. The first-order chi connectivity index (χ1) is 14.1. The minimum atomic E-state index is -0.586. The molecular weight excluding hydrogens is 386 g/mol. The van der Waals surface area contributed by atoms with E-state index in [4.69, 9.17) is 4.74 Å². The van der Waals surface area contributed by atoms with E-state index >= 15 is 0 Å². The first-order valence-electron chi connectivity index (χ1n) is 9.25. The first-order valence-corrected chi connectivity index (χ1v) is 10.1. The lowest BCUT2D eigenvalue weighted by Gasteiger charge is -2.24. The van der Waals surface area contributed by atoms with Crippen molar-refractivity contribution in [2.75, 3.05) is 6.61 Å². The van der Waals surface area contributed by atoms with Gasteiger partial charge in [0.2, 0.25) is 0 Å². The Hall–Kier alpha value is -3.32. The van der Waals surface area contributed by atoms with Crippen molar-refractivity contribution in [2.24, 2.45) is 4.99 Å². The largest absolute Gasteiger partial charge is 0.463 e. The molecule has 1 unspecified atom stereocenters. The van der Waals surface area contributed by atoms with E-state index in [0.29, 0.717) is 26.3 Å². The van der Waals surface area contributed by atoms with Crippen LogP contribution in [0.5, 0.6) is 0 Å². The van der Waals surface area contributed by atoms with Crippen molar-refractivity contribution in [3.63, 3.8) is 0 Å². The van der Waals surface area contributed by atoms with Crippen LogP contribution in [0.15, 0.2) is 75.8 Å². The van der Waals surface area contributed by atoms with Crippen LogP contribution in [-0.4, -0.2) is 22.1 Å². The molecule has 1 aliphatic heterocycles. The molecule has 7 heteroatoms. The lowest BCUT2D eigenvalue weighted by Crippen LogP contribution is -2.39. The molecular formula is C22H19N3O3S. The summed E-state index contributed by atoms with van der Waals surface area (Å²) in [7, 11) is 0. The number of carbonyl (C=O) groups excluding carboxylic acids is 1. The highest BCUT2D eigenvalue weighted by Gasteiger charge is 2.33. The maximum Gasteiger partial charge on any atom is 0.338 e. The predicted molar refractivity (Wildman–Crippen MR) is 111 cm³/mol. The summed E-state index contributed by atoms with van der Waals surface area (Å²) in [4.78, 5) is 35.4. The minimum Gasteiger partial charge on any atom is -0.463 e. The van der Waals surface area contributed by atoms with Gasteiger partial charge in [0.05, 0.1) is 34.1 Å². The van der Waals surface area contributed by atoms with Gasteiger partial charge < -0.3 is 4.74 Å². The summed E-state index contributed by atoms with van der Waals surface area (Å²) in [5.41, 5.74) is 2.26. The molecule has 1 atom stereocenters. The molecule has 0 radical (unpaired) electrons. The van der Waals surface area contributed by atoms with E-state index in [1.807, 2.05) is 48.5 Å². The third-order valence-corrected chi connectivity index (χ3v) is 5.58. The van der Waals surface area contributed by atoms with E-state index in [1.165, 1.54) is 11.3 Å². The van der Waals surface area contributed by atoms with Crippen molar-refractivity contribution in [1.29, 1.82) is 0 Å². The summed E-state index contributed by atoms with van der Waals surface area (Å²) in [5, 5.41) is 0. The van der Waals surface area contributed by atoms with Gasteiger partial charge in [0.1, 0.15) is 0 Å². The smallest absolute Gasteiger partial charge is 0.338 e. The van der Waals surface area contributed by atoms with Gasteiger partial charge in [-0.3, -0.25) is 14.3 Å². The molecule has 3 aromatic rings. The molecule has 0 spiro atoms. The second kappa shape index (κ2) is 7.97. The minimum absolute atomic E-state index is 0.206. The number of benzene rings is 1. The van der Waals surface area contributed by atoms with Crippen LogP contribution in [0.25, 0.3) is 6.08 Å². The number of hydrogen-bond donors (Lipinski definition) is 0. The number of ether oxygens (including phenoxy) is 1. The summed E-state index contributed by atoms with van der Waals surface area (Å²) < 4.78 is 7.37. The Morgan fingerprint density at radius 1 is 1.21 bits per heavy atom. The van der Waals surface area contributed by atoms with E-state index in [1.54, 1.807) is 30.7 Å². The number of aromatic nitrogens is 2. The molecule has 0 bridgehead atoms. The normalized spacial score (nSPS) is 16.3. The maximum atomic E-state index is 13.3. The average Bonchev–Trinajstić information content (AvgIpc) is 3.03. The van der Waals surface area contributed by atoms with E-state index in [2.05, 4.69) is 9.98 Å². The van der Waals surface area contributed by atoms with Gasteiger partial charge in [0.25, 0.3) is 5.56 Å². The van der Waals surface area contributed by atoms with Crippen molar-refractivity contribution >= 4 is 23.4 Å². The molecule has 0 fully saturated rings. The van der Waals surface area contributed by atoms with E-state index in [0.717, 1.165) is 5.56 Å². The molecule has 6 nitrogen and oxygen atoms in total. The van der Waals surface area contributed by atoms with E-state index < -0.39 is 12.0 Å². The Bertz CT molecular complexity index is 1260. The Labute approximate surface area is 171 Å².